The monoisotopic (exact) mass is 337 g/mol. The minimum Gasteiger partial charge on any atom is -0.458 e. The molecular weight excluding hydrogens is 322 g/mol. The first kappa shape index (κ1) is 15.2. The van der Waals surface area contributed by atoms with Crippen LogP contribution < -0.4 is 10.5 Å². The van der Waals surface area contributed by atoms with E-state index < -0.39 is 0 Å². The molecule has 0 bridgehead atoms. The Morgan fingerprint density at radius 2 is 2.12 bits per heavy atom. The number of furan rings is 1. The van der Waals surface area contributed by atoms with E-state index in [1.54, 1.807) is 30.3 Å². The minimum absolute atomic E-state index is 0.0664. The zero-order valence-corrected chi connectivity index (χ0v) is 13.4. The highest BCUT2D eigenvalue weighted by molar-refractivity contribution is 5.62. The van der Waals surface area contributed by atoms with Gasteiger partial charge in [0.1, 0.15) is 11.5 Å². The maximum atomic E-state index is 9.24. The van der Waals surface area contributed by atoms with E-state index >= 15 is 0 Å². The van der Waals surface area contributed by atoms with E-state index in [0.717, 1.165) is 11.3 Å². The van der Waals surface area contributed by atoms with Crippen molar-refractivity contribution in [2.45, 2.75) is 13.5 Å². The van der Waals surface area contributed by atoms with Crippen molar-refractivity contribution in [3.05, 3.63) is 53.9 Å². The molecular formula is C17H15N5O3. The summed E-state index contributed by atoms with van der Waals surface area (Å²) in [6, 6.07) is 10.8. The summed E-state index contributed by atoms with van der Waals surface area (Å²) in [4.78, 5) is 8.44. The Balaban J connectivity index is 1.80. The number of aliphatic hydroxyl groups excluding tert-OH is 1. The van der Waals surface area contributed by atoms with Crippen LogP contribution in [0.25, 0.3) is 17.2 Å². The molecule has 0 fully saturated rings. The van der Waals surface area contributed by atoms with Crippen molar-refractivity contribution in [3.63, 3.8) is 0 Å². The number of hydrogen-bond donors (Lipinski definition) is 2. The lowest BCUT2D eigenvalue weighted by molar-refractivity contribution is 0.281. The van der Waals surface area contributed by atoms with E-state index in [0.29, 0.717) is 28.7 Å². The van der Waals surface area contributed by atoms with E-state index in [2.05, 4.69) is 15.1 Å². The zero-order valence-electron chi connectivity index (χ0n) is 13.4. The average molecular weight is 337 g/mol. The molecule has 0 unspecified atom stereocenters. The summed E-state index contributed by atoms with van der Waals surface area (Å²) in [6.45, 7) is 1.78. The van der Waals surface area contributed by atoms with Crippen LogP contribution in [-0.4, -0.2) is 24.7 Å². The molecule has 0 aliphatic carbocycles. The van der Waals surface area contributed by atoms with Crippen LogP contribution in [0.3, 0.4) is 0 Å². The number of benzene rings is 1. The molecule has 1 aromatic carbocycles. The molecule has 25 heavy (non-hydrogen) atoms. The van der Waals surface area contributed by atoms with Gasteiger partial charge in [-0.05, 0) is 36.8 Å². The van der Waals surface area contributed by atoms with Gasteiger partial charge < -0.3 is 20.0 Å². The highest BCUT2D eigenvalue weighted by Gasteiger charge is 2.17. The summed E-state index contributed by atoms with van der Waals surface area (Å²) in [6.07, 6.45) is 1.54. The van der Waals surface area contributed by atoms with Crippen molar-refractivity contribution in [2.75, 3.05) is 5.73 Å². The maximum Gasteiger partial charge on any atom is 0.224 e. The van der Waals surface area contributed by atoms with Gasteiger partial charge in [-0.25, -0.2) is 0 Å². The summed E-state index contributed by atoms with van der Waals surface area (Å²) < 4.78 is 13.0. The molecule has 3 N–H and O–H groups in total. The van der Waals surface area contributed by atoms with Gasteiger partial charge in [0, 0.05) is 0 Å². The van der Waals surface area contributed by atoms with Crippen molar-refractivity contribution in [1.29, 1.82) is 0 Å². The molecule has 8 heteroatoms. The molecule has 0 atom stereocenters. The van der Waals surface area contributed by atoms with Crippen molar-refractivity contribution >= 4 is 11.6 Å². The molecule has 0 spiro atoms. The Kier molecular flexibility index (Phi) is 3.58. The standard InChI is InChI=1S/C17H15N5O3/c1-10-5-6-13(24-10)15-20-17(18)21-16-14(8-19-22(15)16)25-12-4-2-3-11(7-12)9-23/h2-8,23H,9H2,1H3,(H2,18,21). The van der Waals surface area contributed by atoms with Gasteiger partial charge in [0.15, 0.2) is 11.5 Å². The number of nitrogens with two attached hydrogens (primary N) is 1. The average Bonchev–Trinajstić information content (AvgIpc) is 3.21. The van der Waals surface area contributed by atoms with Crippen LogP contribution in [0.5, 0.6) is 11.5 Å². The van der Waals surface area contributed by atoms with Gasteiger partial charge in [-0.2, -0.15) is 19.6 Å². The summed E-state index contributed by atoms with van der Waals surface area (Å²) in [5.41, 5.74) is 7.01. The van der Waals surface area contributed by atoms with Crippen LogP contribution in [0, 0.1) is 6.92 Å². The molecule has 8 nitrogen and oxygen atoms in total. The number of hydrogen-bond acceptors (Lipinski definition) is 7. The van der Waals surface area contributed by atoms with Gasteiger partial charge in [0.25, 0.3) is 0 Å². The Hall–Kier alpha value is -3.39. The largest absolute Gasteiger partial charge is 0.458 e. The molecule has 3 heterocycles. The molecule has 0 aliphatic heterocycles. The number of ether oxygens (including phenoxy) is 1. The number of aliphatic hydroxyl groups is 1. The third kappa shape index (κ3) is 2.79. The second-order valence-corrected chi connectivity index (χ2v) is 5.47. The number of aryl methyl sites for hydroxylation is 1. The Morgan fingerprint density at radius 3 is 2.88 bits per heavy atom. The summed E-state index contributed by atoms with van der Waals surface area (Å²) >= 11 is 0. The second-order valence-electron chi connectivity index (χ2n) is 5.47. The highest BCUT2D eigenvalue weighted by Crippen LogP contribution is 2.29. The third-order valence-electron chi connectivity index (χ3n) is 3.62. The highest BCUT2D eigenvalue weighted by atomic mass is 16.5. The minimum atomic E-state index is -0.0664. The van der Waals surface area contributed by atoms with Gasteiger partial charge in [-0.1, -0.05) is 12.1 Å². The van der Waals surface area contributed by atoms with Crippen LogP contribution >= 0.6 is 0 Å². The maximum absolute atomic E-state index is 9.24. The lowest BCUT2D eigenvalue weighted by Crippen LogP contribution is -2.04. The first-order valence-corrected chi connectivity index (χ1v) is 7.60. The van der Waals surface area contributed by atoms with Gasteiger partial charge in [0.2, 0.25) is 17.4 Å². The Morgan fingerprint density at radius 1 is 1.24 bits per heavy atom. The molecule has 3 aromatic heterocycles. The molecule has 0 radical (unpaired) electrons. The number of nitrogens with zero attached hydrogens (tertiary/aromatic N) is 4. The fraction of sp³-hybridized carbons (Fsp3) is 0.118. The summed E-state index contributed by atoms with van der Waals surface area (Å²) in [7, 11) is 0. The van der Waals surface area contributed by atoms with E-state index in [1.807, 2.05) is 13.0 Å². The molecule has 0 saturated heterocycles. The van der Waals surface area contributed by atoms with E-state index in [1.165, 1.54) is 10.7 Å². The first-order valence-electron chi connectivity index (χ1n) is 7.60. The second kappa shape index (κ2) is 5.91. The van der Waals surface area contributed by atoms with E-state index in [-0.39, 0.29) is 12.6 Å². The van der Waals surface area contributed by atoms with Crippen LogP contribution in [0.15, 0.2) is 47.0 Å². The summed E-state index contributed by atoms with van der Waals surface area (Å²) in [5, 5.41) is 13.5. The van der Waals surface area contributed by atoms with Crippen molar-refractivity contribution in [3.8, 4) is 23.1 Å². The number of nitrogen functional groups attached to an aromatic ring is 1. The smallest absolute Gasteiger partial charge is 0.224 e. The number of aromatic nitrogens is 4. The van der Waals surface area contributed by atoms with E-state index in [9.17, 15) is 5.11 Å². The fourth-order valence-electron chi connectivity index (χ4n) is 2.49. The molecule has 0 saturated carbocycles. The van der Waals surface area contributed by atoms with Crippen LogP contribution in [0.2, 0.25) is 0 Å². The lowest BCUT2D eigenvalue weighted by Gasteiger charge is -2.06. The van der Waals surface area contributed by atoms with Crippen LogP contribution in [0.4, 0.5) is 5.95 Å². The topological polar surface area (TPSA) is 112 Å². The van der Waals surface area contributed by atoms with Gasteiger partial charge in [-0.15, -0.1) is 0 Å². The van der Waals surface area contributed by atoms with Gasteiger partial charge in [-0.3, -0.25) is 0 Å². The lowest BCUT2D eigenvalue weighted by atomic mass is 10.2. The van der Waals surface area contributed by atoms with Crippen molar-refractivity contribution in [2.24, 2.45) is 0 Å². The predicted molar refractivity (Wildman–Crippen MR) is 90.1 cm³/mol. The quantitative estimate of drug-likeness (QED) is 0.588. The molecule has 0 aliphatic rings. The van der Waals surface area contributed by atoms with Crippen LogP contribution in [0.1, 0.15) is 11.3 Å². The van der Waals surface area contributed by atoms with Crippen molar-refractivity contribution in [1.82, 2.24) is 19.6 Å². The zero-order chi connectivity index (χ0) is 17.4. The number of fused-ring (bicyclic) bond motifs is 1. The van der Waals surface area contributed by atoms with Crippen LogP contribution in [-0.2, 0) is 6.61 Å². The first-order chi connectivity index (χ1) is 12.1. The molecule has 4 rings (SSSR count). The number of anilines is 1. The van der Waals surface area contributed by atoms with Gasteiger partial charge in [0.05, 0.1) is 12.8 Å². The number of rotatable bonds is 4. The van der Waals surface area contributed by atoms with E-state index in [4.69, 9.17) is 14.9 Å². The molecule has 4 aromatic rings. The Labute approximate surface area is 142 Å². The fourth-order valence-corrected chi connectivity index (χ4v) is 2.49. The normalized spacial score (nSPS) is 11.1. The molecule has 126 valence electrons. The third-order valence-corrected chi connectivity index (χ3v) is 3.62. The predicted octanol–water partition coefficient (Wildman–Crippen LogP) is 2.56. The SMILES string of the molecule is Cc1ccc(-c2nc(N)nc3c(Oc4cccc(CO)c4)cnn23)o1. The summed E-state index contributed by atoms with van der Waals surface area (Å²) in [5.74, 6) is 2.81. The van der Waals surface area contributed by atoms with Crippen molar-refractivity contribution < 1.29 is 14.3 Å². The van der Waals surface area contributed by atoms with Gasteiger partial charge >= 0.3 is 0 Å². The molecule has 0 amide bonds. The Bertz CT molecular complexity index is 1050.